The topological polar surface area (TPSA) is 44.4 Å². The van der Waals surface area contributed by atoms with Gasteiger partial charge < -0.3 is 27.9 Å². The lowest BCUT2D eigenvalue weighted by Crippen LogP contribution is -3.00. The predicted molar refractivity (Wildman–Crippen MR) is 108 cm³/mol. The molecule has 1 saturated heterocycles. The maximum Gasteiger partial charge on any atom is 0.317 e. The van der Waals surface area contributed by atoms with E-state index in [0.717, 1.165) is 50.9 Å². The summed E-state index contributed by atoms with van der Waals surface area (Å²) in [4.78, 5) is 14.8. The summed E-state index contributed by atoms with van der Waals surface area (Å²) in [6.45, 7) is 3.45. The van der Waals surface area contributed by atoms with E-state index in [1.807, 2.05) is 17.1 Å². The minimum atomic E-state index is -0.230. The first-order chi connectivity index (χ1) is 13.2. The molecular weight excluding hydrogens is 377 g/mol. The third-order valence-electron chi connectivity index (χ3n) is 5.66. The Balaban J connectivity index is 0.00000280. The van der Waals surface area contributed by atoms with Crippen molar-refractivity contribution < 1.29 is 21.6 Å². The Kier molecular flexibility index (Phi) is 9.79. The lowest BCUT2D eigenvalue weighted by atomic mass is 9.95. The highest BCUT2D eigenvalue weighted by Crippen LogP contribution is 2.19. The van der Waals surface area contributed by atoms with E-state index in [0.29, 0.717) is 18.5 Å². The van der Waals surface area contributed by atoms with Crippen LogP contribution < -0.4 is 23.0 Å². The fourth-order valence-corrected chi connectivity index (χ4v) is 4.02. The lowest BCUT2D eigenvalue weighted by Gasteiger charge is -2.32. The Hall–Kier alpha value is -1.59. The van der Waals surface area contributed by atoms with Crippen molar-refractivity contribution in [3.63, 3.8) is 0 Å². The molecule has 0 atom stereocenters. The first kappa shape index (κ1) is 22.7. The van der Waals surface area contributed by atoms with Crippen molar-refractivity contribution in [1.29, 1.82) is 0 Å². The summed E-state index contributed by atoms with van der Waals surface area (Å²) in [5.74, 6) is 0.328. The molecule has 0 aromatic heterocycles. The van der Waals surface area contributed by atoms with Crippen LogP contribution in [0.2, 0.25) is 0 Å². The van der Waals surface area contributed by atoms with E-state index in [1.54, 1.807) is 12.1 Å². The number of halogens is 2. The number of urea groups is 1. The van der Waals surface area contributed by atoms with E-state index in [4.69, 9.17) is 0 Å². The SMILES string of the molecule is O=C(NC1CCCCC1)N(C/C=C/c1ccc(F)cc1)CC1CCNCC1.[Cl-]. The third kappa shape index (κ3) is 7.44. The number of hydrogen-bond donors (Lipinski definition) is 2. The smallest absolute Gasteiger partial charge is 0.317 e. The van der Waals surface area contributed by atoms with Crippen LogP contribution in [0, 0.1) is 11.7 Å². The number of benzene rings is 1. The Morgan fingerprint density at radius 1 is 1.11 bits per heavy atom. The molecule has 1 aliphatic carbocycles. The van der Waals surface area contributed by atoms with E-state index in [9.17, 15) is 9.18 Å². The average Bonchev–Trinajstić information content (AvgIpc) is 2.70. The zero-order valence-electron chi connectivity index (χ0n) is 16.5. The molecule has 2 N–H and O–H groups in total. The van der Waals surface area contributed by atoms with Crippen molar-refractivity contribution in [2.45, 2.75) is 51.0 Å². The van der Waals surface area contributed by atoms with Gasteiger partial charge in [0.1, 0.15) is 5.82 Å². The molecule has 0 unspecified atom stereocenters. The van der Waals surface area contributed by atoms with Crippen LogP contribution >= 0.6 is 0 Å². The molecule has 0 bridgehead atoms. The highest BCUT2D eigenvalue weighted by Gasteiger charge is 2.22. The van der Waals surface area contributed by atoms with E-state index in [-0.39, 0.29) is 24.3 Å². The van der Waals surface area contributed by atoms with Crippen molar-refractivity contribution in [2.24, 2.45) is 5.92 Å². The quantitative estimate of drug-likeness (QED) is 0.742. The Labute approximate surface area is 174 Å². The van der Waals surface area contributed by atoms with E-state index < -0.39 is 0 Å². The molecular formula is C22H32ClFN3O-. The number of hydrogen-bond acceptors (Lipinski definition) is 2. The molecule has 1 aromatic carbocycles. The number of nitrogens with zero attached hydrogens (tertiary/aromatic N) is 1. The predicted octanol–water partition coefficient (Wildman–Crippen LogP) is 1.19. The maximum absolute atomic E-state index is 13.0. The number of piperidine rings is 1. The van der Waals surface area contributed by atoms with Crippen LogP contribution in [0.15, 0.2) is 30.3 Å². The second kappa shape index (κ2) is 12.1. The molecule has 1 saturated carbocycles. The van der Waals surface area contributed by atoms with Crippen LogP contribution in [0.3, 0.4) is 0 Å². The van der Waals surface area contributed by atoms with Gasteiger partial charge in [-0.3, -0.25) is 0 Å². The fraction of sp³-hybridized carbons (Fsp3) is 0.591. The van der Waals surface area contributed by atoms with Crippen molar-refractivity contribution in [3.05, 3.63) is 41.7 Å². The van der Waals surface area contributed by atoms with Gasteiger partial charge in [-0.05, 0) is 62.4 Å². The van der Waals surface area contributed by atoms with Crippen LogP contribution in [0.4, 0.5) is 9.18 Å². The summed E-state index contributed by atoms with van der Waals surface area (Å²) in [5.41, 5.74) is 0.950. The molecule has 6 heteroatoms. The van der Waals surface area contributed by atoms with E-state index in [1.165, 1.54) is 31.4 Å². The highest BCUT2D eigenvalue weighted by atomic mass is 35.5. The van der Waals surface area contributed by atoms with Crippen LogP contribution in [-0.2, 0) is 0 Å². The van der Waals surface area contributed by atoms with E-state index >= 15 is 0 Å². The third-order valence-corrected chi connectivity index (χ3v) is 5.66. The van der Waals surface area contributed by atoms with Gasteiger partial charge in [-0.15, -0.1) is 0 Å². The lowest BCUT2D eigenvalue weighted by molar-refractivity contribution is -0.00000995. The second-order valence-electron chi connectivity index (χ2n) is 7.84. The molecule has 1 aliphatic heterocycles. The summed E-state index contributed by atoms with van der Waals surface area (Å²) in [6, 6.07) is 6.81. The van der Waals surface area contributed by atoms with Gasteiger partial charge in [0, 0.05) is 19.1 Å². The van der Waals surface area contributed by atoms with Gasteiger partial charge >= 0.3 is 6.03 Å². The number of rotatable bonds is 6. The van der Waals surface area contributed by atoms with Crippen LogP contribution in [-0.4, -0.2) is 43.2 Å². The Morgan fingerprint density at radius 3 is 2.46 bits per heavy atom. The van der Waals surface area contributed by atoms with Gasteiger partial charge in [0.2, 0.25) is 0 Å². The number of carbonyl (C=O) groups is 1. The first-order valence-electron chi connectivity index (χ1n) is 10.4. The minimum Gasteiger partial charge on any atom is -1.00 e. The van der Waals surface area contributed by atoms with Gasteiger partial charge in [-0.1, -0.05) is 43.5 Å². The zero-order valence-corrected chi connectivity index (χ0v) is 17.3. The van der Waals surface area contributed by atoms with Gasteiger partial charge in [0.25, 0.3) is 0 Å². The largest absolute Gasteiger partial charge is 1.00 e. The molecule has 1 aromatic rings. The molecule has 3 rings (SSSR count). The zero-order chi connectivity index (χ0) is 18.9. The van der Waals surface area contributed by atoms with Gasteiger partial charge in [-0.25, -0.2) is 9.18 Å². The molecule has 4 nitrogen and oxygen atoms in total. The molecule has 0 radical (unpaired) electrons. The highest BCUT2D eigenvalue weighted by molar-refractivity contribution is 5.75. The first-order valence-corrected chi connectivity index (χ1v) is 10.4. The summed E-state index contributed by atoms with van der Waals surface area (Å²) in [7, 11) is 0. The van der Waals surface area contributed by atoms with Gasteiger partial charge in [-0.2, -0.15) is 0 Å². The van der Waals surface area contributed by atoms with Crippen LogP contribution in [0.5, 0.6) is 0 Å². The van der Waals surface area contributed by atoms with Crippen molar-refractivity contribution >= 4 is 12.1 Å². The van der Waals surface area contributed by atoms with Crippen LogP contribution in [0.25, 0.3) is 6.08 Å². The standard InChI is InChI=1S/C22H32FN3O.ClH/c23-20-10-8-18(9-11-20)5-4-16-26(17-19-12-14-24-15-13-19)22(27)25-21-6-2-1-3-7-21;/h4-5,8-11,19,21,24H,1-3,6-7,12-17H2,(H,25,27);1H/p-1/b5-4+;. The minimum absolute atomic E-state index is 0. The van der Waals surface area contributed by atoms with Gasteiger partial charge in [0.15, 0.2) is 0 Å². The Morgan fingerprint density at radius 2 is 1.79 bits per heavy atom. The second-order valence-corrected chi connectivity index (χ2v) is 7.84. The van der Waals surface area contributed by atoms with Crippen molar-refractivity contribution in [2.75, 3.05) is 26.2 Å². The van der Waals surface area contributed by atoms with Crippen molar-refractivity contribution in [1.82, 2.24) is 15.5 Å². The van der Waals surface area contributed by atoms with Gasteiger partial charge in [0.05, 0.1) is 0 Å². The normalized spacial score (nSPS) is 18.6. The summed E-state index contributed by atoms with van der Waals surface area (Å²) >= 11 is 0. The number of carbonyl (C=O) groups excluding carboxylic acids is 1. The fourth-order valence-electron chi connectivity index (χ4n) is 4.02. The molecule has 2 aliphatic rings. The van der Waals surface area contributed by atoms with Crippen LogP contribution in [0.1, 0.15) is 50.5 Å². The summed E-state index contributed by atoms with van der Waals surface area (Å²) in [6.07, 6.45) is 12.1. The molecule has 0 spiro atoms. The molecule has 28 heavy (non-hydrogen) atoms. The molecule has 1 heterocycles. The number of nitrogens with one attached hydrogen (secondary N) is 2. The molecule has 2 fully saturated rings. The van der Waals surface area contributed by atoms with E-state index in [2.05, 4.69) is 10.6 Å². The van der Waals surface area contributed by atoms with Crippen molar-refractivity contribution in [3.8, 4) is 0 Å². The molecule has 2 amide bonds. The maximum atomic E-state index is 13.0. The summed E-state index contributed by atoms with van der Waals surface area (Å²) in [5, 5.41) is 6.64. The average molecular weight is 409 g/mol. The number of amides is 2. The monoisotopic (exact) mass is 408 g/mol. The molecule has 156 valence electrons. The Bertz CT molecular complexity index is 611. The summed E-state index contributed by atoms with van der Waals surface area (Å²) < 4.78 is 13.0.